The summed E-state index contributed by atoms with van der Waals surface area (Å²) in [6.07, 6.45) is 1.16. The van der Waals surface area contributed by atoms with Gasteiger partial charge in [0, 0.05) is 0 Å². The third-order valence-electron chi connectivity index (χ3n) is 1.42. The largest absolute Gasteiger partial charge is 0.350 e. The van der Waals surface area contributed by atoms with Crippen molar-refractivity contribution in [1.29, 1.82) is 0 Å². The van der Waals surface area contributed by atoms with Crippen molar-refractivity contribution in [1.82, 2.24) is 19.9 Å². The molecule has 0 aliphatic heterocycles. The average Bonchev–Trinajstić information content (AvgIpc) is 2.54. The van der Waals surface area contributed by atoms with Crippen LogP contribution in [0.5, 0.6) is 0 Å². The summed E-state index contributed by atoms with van der Waals surface area (Å²) in [6, 6.07) is -0.864. The molecule has 0 amide bonds. The van der Waals surface area contributed by atoms with E-state index in [1.807, 2.05) is 0 Å². The molecule has 0 saturated heterocycles. The van der Waals surface area contributed by atoms with Crippen LogP contribution in [-0.4, -0.2) is 29.4 Å². The van der Waals surface area contributed by atoms with Crippen molar-refractivity contribution >= 4 is 10.0 Å². The number of nitrogens with one attached hydrogen (secondary N) is 2. The summed E-state index contributed by atoms with van der Waals surface area (Å²) in [6.45, 7) is 1.38. The summed E-state index contributed by atoms with van der Waals surface area (Å²) >= 11 is 0. The first kappa shape index (κ1) is 11.0. The van der Waals surface area contributed by atoms with Gasteiger partial charge < -0.3 is 0 Å². The first-order chi connectivity index (χ1) is 6.43. The van der Waals surface area contributed by atoms with Crippen LogP contribution >= 0.6 is 0 Å². The lowest BCUT2D eigenvalue weighted by Crippen LogP contribution is -2.32. The molecule has 0 aliphatic carbocycles. The molecule has 1 atom stereocenters. The van der Waals surface area contributed by atoms with Crippen LogP contribution in [0, 0.1) is 0 Å². The third-order valence-corrected chi connectivity index (χ3v) is 2.57. The molecular weight excluding hydrogens is 218 g/mol. The first-order valence-corrected chi connectivity index (χ1v) is 5.12. The maximum absolute atomic E-state index is 11.9. The molecular formula is C5H8F2N4O2S. The Bertz CT molecular complexity index is 376. The van der Waals surface area contributed by atoms with Crippen molar-refractivity contribution < 1.29 is 17.2 Å². The van der Waals surface area contributed by atoms with Gasteiger partial charge in [-0.1, -0.05) is 0 Å². The number of alkyl halides is 2. The van der Waals surface area contributed by atoms with Gasteiger partial charge in [-0.15, -0.1) is 0 Å². The summed E-state index contributed by atoms with van der Waals surface area (Å²) in [5.41, 5.74) is 0. The second kappa shape index (κ2) is 3.96. The van der Waals surface area contributed by atoms with Crippen LogP contribution in [-0.2, 0) is 10.0 Å². The molecule has 2 N–H and O–H groups in total. The fourth-order valence-electron chi connectivity index (χ4n) is 0.777. The SMILES string of the molecule is CC(NS(=O)(=O)C(F)F)c1ncn[nH]1. The molecule has 14 heavy (non-hydrogen) atoms. The second-order valence-corrected chi connectivity index (χ2v) is 4.20. The average molecular weight is 226 g/mol. The lowest BCUT2D eigenvalue weighted by Gasteiger charge is -2.10. The van der Waals surface area contributed by atoms with Crippen molar-refractivity contribution in [3.8, 4) is 0 Å². The molecule has 6 nitrogen and oxygen atoms in total. The highest BCUT2D eigenvalue weighted by molar-refractivity contribution is 7.89. The molecule has 1 aromatic heterocycles. The molecule has 9 heteroatoms. The highest BCUT2D eigenvalue weighted by atomic mass is 32.2. The van der Waals surface area contributed by atoms with Gasteiger partial charge in [-0.2, -0.15) is 18.6 Å². The van der Waals surface area contributed by atoms with Crippen molar-refractivity contribution in [2.75, 3.05) is 0 Å². The van der Waals surface area contributed by atoms with Crippen LogP contribution in [0.3, 0.4) is 0 Å². The molecule has 0 aliphatic rings. The van der Waals surface area contributed by atoms with E-state index in [0.29, 0.717) is 0 Å². The monoisotopic (exact) mass is 226 g/mol. The topological polar surface area (TPSA) is 87.7 Å². The maximum atomic E-state index is 11.9. The van der Waals surface area contributed by atoms with Crippen LogP contribution < -0.4 is 4.72 Å². The number of sulfonamides is 1. The quantitative estimate of drug-likeness (QED) is 0.756. The molecule has 1 aromatic rings. The molecule has 0 aromatic carbocycles. The fourth-order valence-corrected chi connectivity index (χ4v) is 1.48. The number of rotatable bonds is 4. The summed E-state index contributed by atoms with van der Waals surface area (Å²) in [4.78, 5) is 3.62. The zero-order valence-electron chi connectivity index (χ0n) is 7.11. The Hall–Kier alpha value is -1.09. The predicted molar refractivity (Wildman–Crippen MR) is 42.9 cm³/mol. The molecule has 80 valence electrons. The van der Waals surface area contributed by atoms with Crippen molar-refractivity contribution in [3.63, 3.8) is 0 Å². The van der Waals surface area contributed by atoms with E-state index in [1.54, 1.807) is 4.72 Å². The number of nitrogens with zero attached hydrogens (tertiary/aromatic N) is 2. The number of hydrogen-bond acceptors (Lipinski definition) is 4. The van der Waals surface area contributed by atoms with Crippen LogP contribution in [0.1, 0.15) is 18.8 Å². The minimum Gasteiger partial charge on any atom is -0.262 e. The third kappa shape index (κ3) is 2.45. The van der Waals surface area contributed by atoms with Crippen molar-refractivity contribution in [2.24, 2.45) is 0 Å². The Morgan fingerprint density at radius 3 is 2.64 bits per heavy atom. The maximum Gasteiger partial charge on any atom is 0.350 e. The van der Waals surface area contributed by atoms with E-state index in [4.69, 9.17) is 0 Å². The van der Waals surface area contributed by atoms with E-state index in [1.165, 1.54) is 6.92 Å². The van der Waals surface area contributed by atoms with Crippen LogP contribution in [0.15, 0.2) is 6.33 Å². The molecule has 1 heterocycles. The summed E-state index contributed by atoms with van der Waals surface area (Å²) in [5.74, 6) is -3.28. The number of aromatic nitrogens is 3. The van der Waals surface area contributed by atoms with Crippen LogP contribution in [0.2, 0.25) is 0 Å². The van der Waals surface area contributed by atoms with E-state index in [-0.39, 0.29) is 5.82 Å². The fraction of sp³-hybridized carbons (Fsp3) is 0.600. The van der Waals surface area contributed by atoms with E-state index in [9.17, 15) is 17.2 Å². The number of aromatic amines is 1. The first-order valence-electron chi connectivity index (χ1n) is 3.58. The zero-order valence-corrected chi connectivity index (χ0v) is 7.92. The highest BCUT2D eigenvalue weighted by Gasteiger charge is 2.26. The van der Waals surface area contributed by atoms with E-state index >= 15 is 0 Å². The smallest absolute Gasteiger partial charge is 0.262 e. The standard InChI is InChI=1S/C5H8F2N4O2S/c1-3(4-8-2-9-10-4)11-14(12,13)5(6)7/h2-3,5,11H,1H3,(H,8,9,10). The minimum atomic E-state index is -4.59. The Kier molecular flexibility index (Phi) is 3.11. The normalized spacial score (nSPS) is 14.6. The Balaban J connectivity index is 2.71. The molecule has 0 bridgehead atoms. The summed E-state index contributed by atoms with van der Waals surface area (Å²) in [7, 11) is -4.59. The van der Waals surface area contributed by atoms with Crippen molar-refractivity contribution in [2.45, 2.75) is 18.7 Å². The Morgan fingerprint density at radius 1 is 1.57 bits per heavy atom. The molecule has 0 spiro atoms. The van der Waals surface area contributed by atoms with E-state index in [2.05, 4.69) is 15.2 Å². The van der Waals surface area contributed by atoms with Gasteiger partial charge in [0.05, 0.1) is 6.04 Å². The minimum absolute atomic E-state index is 0.175. The van der Waals surface area contributed by atoms with E-state index in [0.717, 1.165) is 6.33 Å². The lowest BCUT2D eigenvalue weighted by molar-refractivity contribution is 0.231. The predicted octanol–water partition coefficient (Wildman–Crippen LogP) is 0.00770. The number of halogens is 2. The van der Waals surface area contributed by atoms with E-state index < -0.39 is 21.8 Å². The van der Waals surface area contributed by atoms with Crippen LogP contribution in [0.4, 0.5) is 8.78 Å². The zero-order chi connectivity index (χ0) is 10.8. The summed E-state index contributed by atoms with van der Waals surface area (Å²) in [5, 5.41) is 5.83. The van der Waals surface area contributed by atoms with Gasteiger partial charge in [0.1, 0.15) is 12.2 Å². The van der Waals surface area contributed by atoms with Gasteiger partial charge in [-0.05, 0) is 6.92 Å². The van der Waals surface area contributed by atoms with Gasteiger partial charge in [-0.25, -0.2) is 13.4 Å². The second-order valence-electron chi connectivity index (χ2n) is 2.52. The Morgan fingerprint density at radius 2 is 2.21 bits per heavy atom. The number of H-pyrrole nitrogens is 1. The lowest BCUT2D eigenvalue weighted by atomic mass is 10.3. The van der Waals surface area contributed by atoms with Gasteiger partial charge >= 0.3 is 5.76 Å². The number of hydrogen-bond donors (Lipinski definition) is 2. The van der Waals surface area contributed by atoms with Gasteiger partial charge in [0.25, 0.3) is 10.0 Å². The molecule has 0 radical (unpaired) electrons. The molecule has 1 unspecified atom stereocenters. The summed E-state index contributed by atoms with van der Waals surface area (Å²) < 4.78 is 47.0. The highest BCUT2D eigenvalue weighted by Crippen LogP contribution is 2.10. The molecule has 0 fully saturated rings. The van der Waals surface area contributed by atoms with Gasteiger partial charge in [0.15, 0.2) is 0 Å². The molecule has 0 saturated carbocycles. The molecule has 1 rings (SSSR count). The van der Waals surface area contributed by atoms with Gasteiger partial charge in [0.2, 0.25) is 0 Å². The van der Waals surface area contributed by atoms with Crippen molar-refractivity contribution in [3.05, 3.63) is 12.2 Å². The van der Waals surface area contributed by atoms with Crippen LogP contribution in [0.25, 0.3) is 0 Å². The Labute approximate surface area is 78.8 Å². The van der Waals surface area contributed by atoms with Gasteiger partial charge in [-0.3, -0.25) is 5.10 Å².